The lowest BCUT2D eigenvalue weighted by atomic mass is 10.1. The maximum Gasteiger partial charge on any atom is 0.416 e. The number of carbonyl (C=O) groups is 3. The van der Waals surface area contributed by atoms with Crippen LogP contribution in [0.3, 0.4) is 0 Å². The third kappa shape index (κ3) is 9.67. The molecule has 2 amide bonds. The van der Waals surface area contributed by atoms with Crippen molar-refractivity contribution in [2.75, 3.05) is 10.6 Å². The Balaban J connectivity index is 0.000000202. The normalized spacial score (nSPS) is 11.4. The van der Waals surface area contributed by atoms with Crippen molar-refractivity contribution in [3.8, 4) is 32.5 Å². The number of rotatable bonds is 8. The van der Waals surface area contributed by atoms with E-state index in [0.717, 1.165) is 84.5 Å². The molecule has 0 radical (unpaired) electrons. The molecule has 0 saturated heterocycles. The summed E-state index contributed by atoms with van der Waals surface area (Å²) in [7, 11) is 0. The van der Waals surface area contributed by atoms with E-state index in [0.29, 0.717) is 11.3 Å². The molecule has 2 N–H and O–H groups in total. The van der Waals surface area contributed by atoms with Gasteiger partial charge in [0.1, 0.15) is 45.8 Å². The van der Waals surface area contributed by atoms with E-state index in [1.54, 1.807) is 0 Å². The van der Waals surface area contributed by atoms with Crippen LogP contribution in [0.15, 0.2) is 95.7 Å². The lowest BCUT2D eigenvalue weighted by Crippen LogP contribution is -2.15. The Hall–Kier alpha value is -6.52. The number of nitrogens with one attached hydrogen (secondary N) is 2. The van der Waals surface area contributed by atoms with Crippen LogP contribution in [0.4, 0.5) is 54.2 Å². The van der Waals surface area contributed by atoms with Crippen molar-refractivity contribution in [3.05, 3.63) is 143 Å². The van der Waals surface area contributed by atoms with Crippen LogP contribution < -0.4 is 10.6 Å². The number of thiazole rings is 2. The summed E-state index contributed by atoms with van der Waals surface area (Å²) in [6.45, 7) is 0. The number of aromatic nitrogens is 4. The number of nitrogens with zero attached hydrogens (tertiary/aromatic N) is 4. The summed E-state index contributed by atoms with van der Waals surface area (Å²) in [5.74, 6) is -6.80. The lowest BCUT2D eigenvalue weighted by Gasteiger charge is -2.08. The summed E-state index contributed by atoms with van der Waals surface area (Å²) in [5, 5.41) is 10.1. The van der Waals surface area contributed by atoms with Gasteiger partial charge in [-0.3, -0.25) is 25.0 Å². The number of anilines is 2. The third-order valence-corrected chi connectivity index (χ3v) is 9.95. The summed E-state index contributed by atoms with van der Waals surface area (Å²) < 4.78 is 139. The Morgan fingerprint density at radius 2 is 1.05 bits per heavy atom. The second-order valence-electron chi connectivity index (χ2n) is 11.7. The molecule has 0 unspecified atom stereocenters. The number of hydrogen-bond donors (Lipinski definition) is 2. The molecule has 0 saturated carbocycles. The highest BCUT2D eigenvalue weighted by atomic mass is 35.5. The molecule has 0 aliphatic carbocycles. The Labute approximate surface area is 341 Å². The molecule has 23 heteroatoms. The average Bonchev–Trinajstić information content (AvgIpc) is 3.95. The molecule has 7 aromatic rings. The van der Waals surface area contributed by atoms with Crippen molar-refractivity contribution in [2.45, 2.75) is 12.4 Å². The predicted octanol–water partition coefficient (Wildman–Crippen LogP) is 11.1. The largest absolute Gasteiger partial charge is 0.422 e. The molecular weight excluding hydrogens is 882 g/mol. The second kappa shape index (κ2) is 17.4. The molecule has 0 spiro atoms. The Bertz CT molecular complexity index is 2700. The van der Waals surface area contributed by atoms with Crippen LogP contribution in [-0.4, -0.2) is 37.2 Å². The quantitative estimate of drug-likeness (QED) is 0.113. The van der Waals surface area contributed by atoms with Gasteiger partial charge in [-0.05, 0) is 71.3 Å². The maximum absolute atomic E-state index is 13.9. The van der Waals surface area contributed by atoms with Gasteiger partial charge in [0.2, 0.25) is 6.39 Å². The van der Waals surface area contributed by atoms with Gasteiger partial charge < -0.3 is 4.42 Å². The first-order valence-corrected chi connectivity index (χ1v) is 18.2. The minimum absolute atomic E-state index is 0.00568. The van der Waals surface area contributed by atoms with E-state index < -0.39 is 80.6 Å². The number of benzene rings is 4. The fraction of sp³-hybridized carbons (Fsp3) is 0.0541. The van der Waals surface area contributed by atoms with Crippen molar-refractivity contribution in [3.63, 3.8) is 0 Å². The first-order valence-electron chi connectivity index (χ1n) is 16.2. The predicted molar refractivity (Wildman–Crippen MR) is 197 cm³/mol. The molecule has 3 aromatic heterocycles. The van der Waals surface area contributed by atoms with Gasteiger partial charge >= 0.3 is 12.4 Å². The van der Waals surface area contributed by atoms with Crippen molar-refractivity contribution < 1.29 is 62.7 Å². The second-order valence-corrected chi connectivity index (χ2v) is 14.0. The van der Waals surface area contributed by atoms with Crippen LogP contribution in [-0.2, 0) is 12.4 Å². The van der Waals surface area contributed by atoms with Crippen LogP contribution in [0.5, 0.6) is 0 Å². The summed E-state index contributed by atoms with van der Waals surface area (Å²) in [5.41, 5.74) is -3.84. The van der Waals surface area contributed by atoms with Gasteiger partial charge in [0, 0.05) is 0 Å². The van der Waals surface area contributed by atoms with Gasteiger partial charge in [0.25, 0.3) is 22.9 Å². The van der Waals surface area contributed by atoms with Crippen LogP contribution in [0.1, 0.15) is 42.3 Å². The highest BCUT2D eigenvalue weighted by Gasteiger charge is 2.33. The summed E-state index contributed by atoms with van der Waals surface area (Å²) in [4.78, 5) is 44.2. The minimum atomic E-state index is -4.62. The zero-order valence-electron chi connectivity index (χ0n) is 29.1. The van der Waals surface area contributed by atoms with E-state index in [1.807, 2.05) is 0 Å². The van der Waals surface area contributed by atoms with Gasteiger partial charge in [-0.15, -0.1) is 10.2 Å². The fourth-order valence-corrected chi connectivity index (χ4v) is 7.21. The summed E-state index contributed by atoms with van der Waals surface area (Å²) in [6.07, 6.45) is -8.20. The van der Waals surface area contributed by atoms with E-state index in [1.165, 1.54) is 18.2 Å². The van der Waals surface area contributed by atoms with Crippen molar-refractivity contribution >= 4 is 61.6 Å². The smallest absolute Gasteiger partial charge is 0.416 e. The molecule has 0 aliphatic rings. The van der Waals surface area contributed by atoms with Crippen molar-refractivity contribution in [1.82, 2.24) is 20.2 Å². The zero-order valence-corrected chi connectivity index (χ0v) is 31.4. The first-order chi connectivity index (χ1) is 28.3. The molecule has 7 rings (SSSR count). The average molecular weight is 899 g/mol. The Kier molecular flexibility index (Phi) is 12.5. The minimum Gasteiger partial charge on any atom is -0.422 e. The molecule has 0 fully saturated rings. The van der Waals surface area contributed by atoms with Crippen molar-refractivity contribution in [2.24, 2.45) is 0 Å². The Morgan fingerprint density at radius 1 is 0.617 bits per heavy atom. The summed E-state index contributed by atoms with van der Waals surface area (Å²) >= 11 is 6.87. The number of hydrogen-bond acceptors (Lipinski definition) is 10. The standard InChI is InChI=1S/C19H9F5N4O2S.C18H8ClF5N2O2S/c20-11-5-2-6-12(21)13(11)16(29)27-18-26-14(17-28-25-8-30-17)15(31-18)9-3-1-4-10(7-9)19(22,23)24;19-15(27)13-14(8-3-1-4-9(7-8)18(22,23)24)29-17(25-13)26-16(28)12-10(20)5-2-6-11(12)21/h1-8H,(H,26,27,29);1-7H,(H,25,26,28). The van der Waals surface area contributed by atoms with Gasteiger partial charge in [-0.2, -0.15) is 26.3 Å². The van der Waals surface area contributed by atoms with Crippen LogP contribution in [0.25, 0.3) is 32.5 Å². The van der Waals surface area contributed by atoms with Gasteiger partial charge in [-0.1, -0.05) is 59.1 Å². The van der Waals surface area contributed by atoms with E-state index >= 15 is 0 Å². The molecule has 4 aromatic carbocycles. The van der Waals surface area contributed by atoms with E-state index in [2.05, 4.69) is 30.8 Å². The van der Waals surface area contributed by atoms with Crippen LogP contribution >= 0.6 is 34.3 Å². The molecule has 0 atom stereocenters. The highest BCUT2D eigenvalue weighted by molar-refractivity contribution is 7.20. The van der Waals surface area contributed by atoms with E-state index in [4.69, 9.17) is 16.0 Å². The third-order valence-electron chi connectivity index (χ3n) is 7.73. The fourth-order valence-electron chi connectivity index (χ4n) is 5.12. The van der Waals surface area contributed by atoms with E-state index in [9.17, 15) is 58.3 Å². The zero-order chi connectivity index (χ0) is 43.5. The number of halogens is 11. The number of alkyl halides is 6. The SMILES string of the molecule is O=C(Cl)c1nc(NC(=O)c2c(F)cccc2F)sc1-c1cccc(C(F)(F)F)c1.O=C(Nc1nc(-c2nnco2)c(-c2cccc(C(F)(F)F)c2)s1)c1c(F)cccc1F. The molecular formula is C37H17ClF10N6O4S2. The monoisotopic (exact) mass is 898 g/mol. The molecule has 10 nitrogen and oxygen atoms in total. The summed E-state index contributed by atoms with van der Waals surface area (Å²) in [6, 6.07) is 14.2. The lowest BCUT2D eigenvalue weighted by molar-refractivity contribution is -0.138. The highest BCUT2D eigenvalue weighted by Crippen LogP contribution is 2.41. The van der Waals surface area contributed by atoms with Crippen molar-refractivity contribution in [1.29, 1.82) is 0 Å². The van der Waals surface area contributed by atoms with Crippen LogP contribution in [0.2, 0.25) is 0 Å². The van der Waals surface area contributed by atoms with Crippen LogP contribution in [0, 0.1) is 23.3 Å². The van der Waals surface area contributed by atoms with Gasteiger partial charge in [-0.25, -0.2) is 27.5 Å². The van der Waals surface area contributed by atoms with Gasteiger partial charge in [0.15, 0.2) is 10.3 Å². The first kappa shape index (κ1) is 43.1. The maximum atomic E-state index is 13.9. The Morgan fingerprint density at radius 3 is 1.48 bits per heavy atom. The number of carbonyl (C=O) groups excluding carboxylic acids is 3. The molecule has 60 heavy (non-hydrogen) atoms. The van der Waals surface area contributed by atoms with E-state index in [-0.39, 0.29) is 42.7 Å². The molecule has 3 heterocycles. The topological polar surface area (TPSA) is 140 Å². The molecule has 0 bridgehead atoms. The number of amides is 2. The van der Waals surface area contributed by atoms with Gasteiger partial charge in [0.05, 0.1) is 20.9 Å². The molecule has 0 aliphatic heterocycles. The molecule has 308 valence electrons.